The number of Topliss-reactive ketones (excluding diaryl/α,β-unsaturated/α-hetero) is 1. The van der Waals surface area contributed by atoms with E-state index in [0.29, 0.717) is 55.5 Å². The van der Waals surface area contributed by atoms with Gasteiger partial charge >= 0.3 is 6.18 Å². The van der Waals surface area contributed by atoms with E-state index in [4.69, 9.17) is 4.42 Å². The van der Waals surface area contributed by atoms with E-state index < -0.39 is 23.4 Å². The summed E-state index contributed by atoms with van der Waals surface area (Å²) in [7, 11) is 0. The smallest absolute Gasteiger partial charge is 0.420 e. The van der Waals surface area contributed by atoms with E-state index in [1.165, 1.54) is 6.20 Å². The molecule has 0 bridgehead atoms. The number of anilines is 3. The number of carbonyl (C=O) groups is 2. The van der Waals surface area contributed by atoms with Crippen LogP contribution in [0.1, 0.15) is 63.1 Å². The van der Waals surface area contributed by atoms with Crippen LogP contribution in [0.15, 0.2) is 71.3 Å². The van der Waals surface area contributed by atoms with Gasteiger partial charge in [-0.25, -0.2) is 4.98 Å². The molecular weight excluding hydrogens is 571 g/mol. The normalized spacial score (nSPS) is 16.9. The minimum absolute atomic E-state index is 0.160. The number of fused-ring (bicyclic) bond motifs is 1. The Bertz CT molecular complexity index is 1650. The number of hydrogen-bond acceptors (Lipinski definition) is 7. The lowest BCUT2D eigenvalue weighted by Crippen LogP contribution is -2.34. The molecule has 0 spiro atoms. The van der Waals surface area contributed by atoms with Crippen molar-refractivity contribution in [1.82, 2.24) is 9.97 Å². The molecule has 0 saturated carbocycles. The lowest BCUT2D eigenvalue weighted by Gasteiger charge is -2.31. The second-order valence-corrected chi connectivity index (χ2v) is 11.4. The average molecular weight is 604 g/mol. The van der Waals surface area contributed by atoms with Crippen LogP contribution in [-0.2, 0) is 25.6 Å². The van der Waals surface area contributed by atoms with Gasteiger partial charge < -0.3 is 19.5 Å². The molecule has 4 heterocycles. The third kappa shape index (κ3) is 6.31. The third-order valence-electron chi connectivity index (χ3n) is 8.11. The zero-order chi connectivity index (χ0) is 30.8. The predicted octanol–water partition coefficient (Wildman–Crippen LogP) is 6.57. The van der Waals surface area contributed by atoms with Gasteiger partial charge in [0.15, 0.2) is 5.69 Å². The van der Waals surface area contributed by atoms with Crippen LogP contribution in [0.4, 0.5) is 30.7 Å². The molecule has 0 radical (unpaired) electrons. The molecule has 2 aliphatic heterocycles. The van der Waals surface area contributed by atoms with Crippen LogP contribution in [0, 0.1) is 5.92 Å². The number of halogens is 3. The summed E-state index contributed by atoms with van der Waals surface area (Å²) in [6.45, 7) is 4.25. The number of nitrogens with zero attached hydrogens (tertiary/aromatic N) is 4. The summed E-state index contributed by atoms with van der Waals surface area (Å²) in [5, 5.41) is 2.95. The van der Waals surface area contributed by atoms with Crippen molar-refractivity contribution in [1.29, 1.82) is 0 Å². The molecule has 1 amide bonds. The SMILES string of the molecule is CC1CCCN(c2nc(C(F)(F)F)c(C(=O)Cc3ccc(N4CCc5c(cccc5C(=O)Nc5ccccc5)C4)nc3)o2)C1. The quantitative estimate of drug-likeness (QED) is 0.239. The van der Waals surface area contributed by atoms with Crippen LogP contribution >= 0.6 is 0 Å². The van der Waals surface area contributed by atoms with E-state index in [9.17, 15) is 22.8 Å². The number of alkyl halides is 3. The molecule has 1 atom stereocenters. The molecule has 1 fully saturated rings. The summed E-state index contributed by atoms with van der Waals surface area (Å²) in [6.07, 6.45) is -1.18. The lowest BCUT2D eigenvalue weighted by molar-refractivity contribution is -0.141. The number of nitrogens with one attached hydrogen (secondary N) is 1. The highest BCUT2D eigenvalue weighted by Gasteiger charge is 2.42. The molecule has 1 N–H and O–H groups in total. The topological polar surface area (TPSA) is 91.6 Å². The largest absolute Gasteiger partial charge is 0.437 e. The van der Waals surface area contributed by atoms with Crippen molar-refractivity contribution in [3.8, 4) is 0 Å². The van der Waals surface area contributed by atoms with Crippen LogP contribution in [0.2, 0.25) is 0 Å². The third-order valence-corrected chi connectivity index (χ3v) is 8.11. The molecule has 1 unspecified atom stereocenters. The average Bonchev–Trinajstić information content (AvgIpc) is 3.48. The number of rotatable bonds is 7. The van der Waals surface area contributed by atoms with E-state index in [1.54, 1.807) is 17.0 Å². The van der Waals surface area contributed by atoms with Crippen molar-refractivity contribution in [2.75, 3.05) is 34.8 Å². The van der Waals surface area contributed by atoms with Gasteiger partial charge in [-0.1, -0.05) is 43.3 Å². The molecule has 1 saturated heterocycles. The fourth-order valence-electron chi connectivity index (χ4n) is 5.90. The Balaban J connectivity index is 1.14. The van der Waals surface area contributed by atoms with Gasteiger partial charge in [-0.3, -0.25) is 9.59 Å². The number of ketones is 1. The number of aromatic nitrogens is 2. The van der Waals surface area contributed by atoms with Gasteiger partial charge in [0.1, 0.15) is 5.82 Å². The number of benzene rings is 2. The maximum atomic E-state index is 13.8. The first-order valence-electron chi connectivity index (χ1n) is 14.7. The van der Waals surface area contributed by atoms with Crippen LogP contribution < -0.4 is 15.1 Å². The molecule has 228 valence electrons. The zero-order valence-corrected chi connectivity index (χ0v) is 24.2. The highest BCUT2D eigenvalue weighted by molar-refractivity contribution is 6.05. The Morgan fingerprint density at radius 1 is 1.02 bits per heavy atom. The number of oxazole rings is 1. The van der Waals surface area contributed by atoms with Gasteiger partial charge in [0.05, 0.1) is 0 Å². The van der Waals surface area contributed by atoms with Gasteiger partial charge in [0.2, 0.25) is 11.5 Å². The highest BCUT2D eigenvalue weighted by Crippen LogP contribution is 2.36. The maximum Gasteiger partial charge on any atom is 0.437 e. The van der Waals surface area contributed by atoms with Crippen molar-refractivity contribution in [3.05, 3.63) is 101 Å². The summed E-state index contributed by atoms with van der Waals surface area (Å²) in [6, 6.07) is 18.3. The van der Waals surface area contributed by atoms with E-state index in [0.717, 1.165) is 29.7 Å². The number of amides is 1. The summed E-state index contributed by atoms with van der Waals surface area (Å²) < 4.78 is 46.9. The van der Waals surface area contributed by atoms with Crippen molar-refractivity contribution >= 4 is 29.2 Å². The van der Waals surface area contributed by atoms with Gasteiger partial charge in [-0.15, -0.1) is 0 Å². The maximum absolute atomic E-state index is 13.8. The molecule has 2 aromatic carbocycles. The minimum Gasteiger partial charge on any atom is -0.420 e. The summed E-state index contributed by atoms with van der Waals surface area (Å²) >= 11 is 0. The van der Waals surface area contributed by atoms with Gasteiger partial charge in [-0.2, -0.15) is 18.2 Å². The number of hydrogen-bond donors (Lipinski definition) is 1. The standard InChI is InChI=1S/C33H32F3N5O3/c1-21-7-6-15-41(19-21)32-39-30(33(34,35)36)29(44-32)27(42)17-22-12-13-28(37-18-22)40-16-14-25-23(20-40)8-5-11-26(25)31(43)38-24-9-3-2-4-10-24/h2-5,8-13,18,21H,6-7,14-17,19-20H2,1H3,(H,38,43). The Hall–Kier alpha value is -4.67. The van der Waals surface area contributed by atoms with E-state index in [1.807, 2.05) is 55.5 Å². The Kier molecular flexibility index (Phi) is 8.11. The second kappa shape index (κ2) is 12.1. The summed E-state index contributed by atoms with van der Waals surface area (Å²) in [5.41, 5.74) is 2.55. The molecule has 44 heavy (non-hydrogen) atoms. The predicted molar refractivity (Wildman–Crippen MR) is 160 cm³/mol. The minimum atomic E-state index is -4.82. The van der Waals surface area contributed by atoms with Gasteiger partial charge in [0, 0.05) is 50.0 Å². The molecule has 4 aromatic rings. The second-order valence-electron chi connectivity index (χ2n) is 11.4. The lowest BCUT2D eigenvalue weighted by atomic mass is 9.94. The molecular formula is C33H32F3N5O3. The summed E-state index contributed by atoms with van der Waals surface area (Å²) in [4.78, 5) is 38.0. The number of carbonyl (C=O) groups excluding carboxylic acids is 2. The molecule has 2 aliphatic rings. The molecule has 2 aromatic heterocycles. The van der Waals surface area contributed by atoms with E-state index in [2.05, 4.69) is 20.2 Å². The van der Waals surface area contributed by atoms with Crippen molar-refractivity contribution in [3.63, 3.8) is 0 Å². The van der Waals surface area contributed by atoms with Crippen LogP contribution in [-0.4, -0.2) is 41.3 Å². The van der Waals surface area contributed by atoms with Crippen LogP contribution in [0.25, 0.3) is 0 Å². The highest BCUT2D eigenvalue weighted by atomic mass is 19.4. The monoisotopic (exact) mass is 603 g/mol. The Morgan fingerprint density at radius 3 is 2.57 bits per heavy atom. The summed E-state index contributed by atoms with van der Waals surface area (Å²) in [5.74, 6) is -0.767. The number of pyridine rings is 1. The fourth-order valence-corrected chi connectivity index (χ4v) is 5.90. The molecule has 11 heteroatoms. The molecule has 8 nitrogen and oxygen atoms in total. The Labute approximate surface area is 252 Å². The van der Waals surface area contributed by atoms with Crippen molar-refractivity contribution < 1.29 is 27.2 Å². The first-order valence-corrected chi connectivity index (χ1v) is 14.7. The number of piperidine rings is 1. The fraction of sp³-hybridized carbons (Fsp3) is 0.333. The van der Waals surface area contributed by atoms with Crippen LogP contribution in [0.3, 0.4) is 0 Å². The van der Waals surface area contributed by atoms with Crippen molar-refractivity contribution in [2.24, 2.45) is 5.92 Å². The van der Waals surface area contributed by atoms with Crippen LogP contribution in [0.5, 0.6) is 0 Å². The first-order chi connectivity index (χ1) is 21.2. The van der Waals surface area contributed by atoms with Gasteiger partial charge in [0.25, 0.3) is 11.9 Å². The van der Waals surface area contributed by atoms with Gasteiger partial charge in [-0.05, 0) is 66.1 Å². The Morgan fingerprint density at radius 2 is 1.84 bits per heavy atom. The zero-order valence-electron chi connectivity index (χ0n) is 24.2. The first kappa shape index (κ1) is 29.4. The van der Waals surface area contributed by atoms with Crippen molar-refractivity contribution in [2.45, 2.75) is 45.3 Å². The number of para-hydroxylation sites is 1. The molecule has 0 aliphatic carbocycles. The molecule has 6 rings (SSSR count). The van der Waals surface area contributed by atoms with E-state index in [-0.39, 0.29) is 18.3 Å². The van der Waals surface area contributed by atoms with E-state index >= 15 is 0 Å².